The van der Waals surface area contributed by atoms with Crippen LogP contribution in [0.1, 0.15) is 32.1 Å². The molecule has 0 unspecified atom stereocenters. The molecule has 0 atom stereocenters. The monoisotopic (exact) mass is 377 g/mol. The second-order valence-corrected chi connectivity index (χ2v) is 6.88. The third kappa shape index (κ3) is 3.16. The predicted molar refractivity (Wildman–Crippen MR) is 89.9 cm³/mol. The molecular weight excluding hydrogens is 361 g/mol. The van der Waals surface area contributed by atoms with E-state index < -0.39 is 0 Å². The maximum absolute atomic E-state index is 6.39. The second-order valence-electron chi connectivity index (χ2n) is 5.24. The van der Waals surface area contributed by atoms with Crippen molar-refractivity contribution in [2.24, 2.45) is 5.92 Å². The summed E-state index contributed by atoms with van der Waals surface area (Å²) in [4.78, 5) is 0. The van der Waals surface area contributed by atoms with Crippen LogP contribution in [-0.4, -0.2) is 6.54 Å². The Kier molecular flexibility index (Phi) is 5.41. The maximum Gasteiger partial charge on any atom is 0.154 e. The Hall–Kier alpha value is -0.220. The summed E-state index contributed by atoms with van der Waals surface area (Å²) >= 11 is 16.1. The van der Waals surface area contributed by atoms with Crippen molar-refractivity contribution >= 4 is 50.1 Å². The normalized spacial score (nSPS) is 11.8. The zero-order valence-electron chi connectivity index (χ0n) is 11.8. The van der Waals surface area contributed by atoms with E-state index in [1.807, 2.05) is 0 Å². The van der Waals surface area contributed by atoms with Gasteiger partial charge in [0.05, 0.1) is 16.6 Å². The molecule has 20 heavy (non-hydrogen) atoms. The molecule has 0 aliphatic rings. The number of benzene rings is 1. The summed E-state index contributed by atoms with van der Waals surface area (Å²) in [6.45, 7) is 8.10. The molecule has 2 aromatic rings. The summed E-state index contributed by atoms with van der Waals surface area (Å²) in [7, 11) is 0. The van der Waals surface area contributed by atoms with Gasteiger partial charge in [0.25, 0.3) is 0 Å². The van der Waals surface area contributed by atoms with Crippen LogP contribution in [0.3, 0.4) is 0 Å². The molecule has 1 aromatic heterocycles. The van der Waals surface area contributed by atoms with Gasteiger partial charge in [0.15, 0.2) is 5.58 Å². The smallest absolute Gasteiger partial charge is 0.154 e. The Bertz CT molecular complexity index is 622. The summed E-state index contributed by atoms with van der Waals surface area (Å²) in [5.41, 5.74) is 1.81. The number of nitrogens with one attached hydrogen (secondary N) is 1. The van der Waals surface area contributed by atoms with Crippen LogP contribution in [0.15, 0.2) is 15.0 Å². The minimum Gasteiger partial charge on any atom is -0.458 e. The number of aryl methyl sites for hydroxylation is 1. The molecule has 110 valence electrons. The summed E-state index contributed by atoms with van der Waals surface area (Å²) in [5, 5.41) is 5.58. The second kappa shape index (κ2) is 6.69. The van der Waals surface area contributed by atoms with E-state index in [2.05, 4.69) is 42.0 Å². The molecule has 1 aromatic carbocycles. The fraction of sp³-hybridized carbons (Fsp3) is 0.467. The van der Waals surface area contributed by atoms with Crippen LogP contribution in [0.2, 0.25) is 10.0 Å². The van der Waals surface area contributed by atoms with Gasteiger partial charge < -0.3 is 9.73 Å². The molecule has 0 aliphatic heterocycles. The number of furan rings is 1. The lowest BCUT2D eigenvalue weighted by Crippen LogP contribution is -2.19. The van der Waals surface area contributed by atoms with Crippen molar-refractivity contribution in [2.45, 2.75) is 33.7 Å². The highest BCUT2D eigenvalue weighted by molar-refractivity contribution is 9.10. The topological polar surface area (TPSA) is 25.2 Å². The van der Waals surface area contributed by atoms with Crippen LogP contribution in [0.5, 0.6) is 0 Å². The van der Waals surface area contributed by atoms with Gasteiger partial charge in [-0.1, -0.05) is 44.0 Å². The van der Waals surface area contributed by atoms with Crippen molar-refractivity contribution in [1.82, 2.24) is 5.32 Å². The summed E-state index contributed by atoms with van der Waals surface area (Å²) < 4.78 is 6.74. The molecule has 0 saturated carbocycles. The highest BCUT2D eigenvalue weighted by atomic mass is 79.9. The average Bonchev–Trinajstić information content (AvgIpc) is 2.75. The van der Waals surface area contributed by atoms with Gasteiger partial charge in [-0.3, -0.25) is 0 Å². The molecule has 0 spiro atoms. The maximum atomic E-state index is 6.39. The van der Waals surface area contributed by atoms with Crippen molar-refractivity contribution in [3.05, 3.63) is 31.9 Å². The van der Waals surface area contributed by atoms with Gasteiger partial charge in [-0.2, -0.15) is 0 Å². The van der Waals surface area contributed by atoms with E-state index in [0.717, 1.165) is 34.1 Å². The molecule has 0 saturated heterocycles. The Labute approximate surface area is 137 Å². The van der Waals surface area contributed by atoms with Gasteiger partial charge >= 0.3 is 0 Å². The van der Waals surface area contributed by atoms with Crippen molar-refractivity contribution in [2.75, 3.05) is 6.54 Å². The quantitative estimate of drug-likeness (QED) is 0.664. The number of hydrogen-bond donors (Lipinski definition) is 1. The first-order valence-corrected chi connectivity index (χ1v) is 8.29. The zero-order valence-corrected chi connectivity index (χ0v) is 14.9. The molecule has 0 aliphatic carbocycles. The number of halogens is 3. The van der Waals surface area contributed by atoms with Gasteiger partial charge in [0.1, 0.15) is 5.76 Å². The first-order valence-electron chi connectivity index (χ1n) is 6.74. The van der Waals surface area contributed by atoms with Gasteiger partial charge in [-0.05, 0) is 40.9 Å². The molecule has 0 radical (unpaired) electrons. The first-order chi connectivity index (χ1) is 9.45. The lowest BCUT2D eigenvalue weighted by atomic mass is 10.1. The largest absolute Gasteiger partial charge is 0.458 e. The van der Waals surface area contributed by atoms with E-state index in [9.17, 15) is 0 Å². The minimum absolute atomic E-state index is 0.584. The van der Waals surface area contributed by atoms with Crippen LogP contribution in [0, 0.1) is 5.92 Å². The Morgan fingerprint density at radius 1 is 1.35 bits per heavy atom. The highest BCUT2D eigenvalue weighted by Crippen LogP contribution is 2.41. The first kappa shape index (κ1) is 16.2. The standard InChI is InChI=1S/C15H18BrCl2NO/c1-4-9-12(7-19-6-8(2)3)20-15-11(17)5-10(16)14(18)13(9)15/h5,8,19H,4,6-7H2,1-3H3. The predicted octanol–water partition coefficient (Wildman–Crippen LogP) is 5.81. The minimum atomic E-state index is 0.584. The average molecular weight is 379 g/mol. The Balaban J connectivity index is 2.46. The molecular formula is C15H18BrCl2NO. The van der Waals surface area contributed by atoms with E-state index in [1.54, 1.807) is 6.07 Å². The van der Waals surface area contributed by atoms with Crippen LogP contribution in [0.25, 0.3) is 11.0 Å². The van der Waals surface area contributed by atoms with Gasteiger partial charge in [-0.25, -0.2) is 0 Å². The number of rotatable bonds is 5. The summed E-state index contributed by atoms with van der Waals surface area (Å²) in [5.74, 6) is 1.52. The molecule has 0 amide bonds. The number of fused-ring (bicyclic) bond motifs is 1. The summed E-state index contributed by atoms with van der Waals surface area (Å²) in [6, 6.07) is 1.78. The van der Waals surface area contributed by atoms with E-state index in [0.29, 0.717) is 28.1 Å². The molecule has 1 N–H and O–H groups in total. The van der Waals surface area contributed by atoms with E-state index >= 15 is 0 Å². The van der Waals surface area contributed by atoms with E-state index in [1.165, 1.54) is 0 Å². The van der Waals surface area contributed by atoms with Crippen LogP contribution < -0.4 is 5.32 Å². The fourth-order valence-electron chi connectivity index (χ4n) is 2.26. The highest BCUT2D eigenvalue weighted by Gasteiger charge is 2.19. The van der Waals surface area contributed by atoms with Crippen molar-refractivity contribution in [1.29, 1.82) is 0 Å². The molecule has 2 rings (SSSR count). The van der Waals surface area contributed by atoms with Gasteiger partial charge in [0.2, 0.25) is 0 Å². The zero-order chi connectivity index (χ0) is 14.9. The third-order valence-electron chi connectivity index (χ3n) is 3.18. The molecule has 0 bridgehead atoms. The van der Waals surface area contributed by atoms with E-state index in [4.69, 9.17) is 27.6 Å². The Morgan fingerprint density at radius 2 is 2.05 bits per heavy atom. The lowest BCUT2D eigenvalue weighted by molar-refractivity contribution is 0.481. The SMILES string of the molecule is CCc1c(CNCC(C)C)oc2c(Cl)cc(Br)c(Cl)c12. The van der Waals surface area contributed by atoms with Crippen LogP contribution >= 0.6 is 39.1 Å². The fourth-order valence-corrected chi connectivity index (χ4v) is 3.32. The van der Waals surface area contributed by atoms with E-state index in [-0.39, 0.29) is 0 Å². The van der Waals surface area contributed by atoms with Gasteiger partial charge in [-0.15, -0.1) is 0 Å². The van der Waals surface area contributed by atoms with Crippen molar-refractivity contribution in [3.8, 4) is 0 Å². The molecule has 1 heterocycles. The summed E-state index contributed by atoms with van der Waals surface area (Å²) in [6.07, 6.45) is 0.859. The van der Waals surface area contributed by atoms with Crippen LogP contribution in [0.4, 0.5) is 0 Å². The number of hydrogen-bond acceptors (Lipinski definition) is 2. The third-order valence-corrected chi connectivity index (χ3v) is 4.71. The van der Waals surface area contributed by atoms with Crippen molar-refractivity contribution in [3.63, 3.8) is 0 Å². The lowest BCUT2D eigenvalue weighted by Gasteiger charge is -2.06. The molecule has 5 heteroatoms. The van der Waals surface area contributed by atoms with Crippen molar-refractivity contribution < 1.29 is 4.42 Å². The molecule has 2 nitrogen and oxygen atoms in total. The Morgan fingerprint density at radius 3 is 2.65 bits per heavy atom. The molecule has 0 fully saturated rings. The van der Waals surface area contributed by atoms with Crippen LogP contribution in [-0.2, 0) is 13.0 Å². The van der Waals surface area contributed by atoms with Gasteiger partial charge in [0, 0.05) is 15.4 Å².